The lowest BCUT2D eigenvalue weighted by Crippen LogP contribution is -2.39. The zero-order valence-electron chi connectivity index (χ0n) is 15.9. The average Bonchev–Trinajstić information content (AvgIpc) is 3.06. The van der Waals surface area contributed by atoms with Crippen molar-refractivity contribution >= 4 is 39.8 Å². The molecule has 1 fully saturated rings. The highest BCUT2D eigenvalue weighted by Gasteiger charge is 2.15. The molecule has 0 aromatic rings. The van der Waals surface area contributed by atoms with Crippen molar-refractivity contribution in [3.63, 3.8) is 0 Å². The lowest BCUT2D eigenvalue weighted by Gasteiger charge is -2.12. The standard InChI is InChI=1S/C16H33N3O5S.HI/c1-3-17-16(19-7-10-22-11-12-25(2,20)21)18-6-4-8-23-13-15-5-9-24-14-15;/h15H,3-14H2,1-2H3,(H2,17,18,19);1H. The maximum Gasteiger partial charge on any atom is 0.191 e. The molecule has 1 rings (SSSR count). The van der Waals surface area contributed by atoms with Gasteiger partial charge in [0.2, 0.25) is 0 Å². The molecule has 2 N–H and O–H groups in total. The molecule has 10 heteroatoms. The average molecular weight is 507 g/mol. The monoisotopic (exact) mass is 507 g/mol. The van der Waals surface area contributed by atoms with Gasteiger partial charge in [0, 0.05) is 45.0 Å². The fraction of sp³-hybridized carbons (Fsp3) is 0.938. The highest BCUT2D eigenvalue weighted by atomic mass is 127. The quantitative estimate of drug-likeness (QED) is 0.164. The molecule has 8 nitrogen and oxygen atoms in total. The molecule has 26 heavy (non-hydrogen) atoms. The van der Waals surface area contributed by atoms with Gasteiger partial charge in [0.15, 0.2) is 5.96 Å². The first-order valence-corrected chi connectivity index (χ1v) is 11.0. The maximum absolute atomic E-state index is 11.0. The molecular weight excluding hydrogens is 473 g/mol. The lowest BCUT2D eigenvalue weighted by atomic mass is 10.1. The summed E-state index contributed by atoms with van der Waals surface area (Å²) in [5.41, 5.74) is 0. The first-order valence-electron chi connectivity index (χ1n) is 8.94. The van der Waals surface area contributed by atoms with Crippen molar-refractivity contribution < 1.29 is 22.6 Å². The Hall–Kier alpha value is -0.170. The van der Waals surface area contributed by atoms with E-state index in [9.17, 15) is 8.42 Å². The maximum atomic E-state index is 11.0. The van der Waals surface area contributed by atoms with Crippen LogP contribution in [-0.2, 0) is 24.0 Å². The van der Waals surface area contributed by atoms with E-state index in [0.717, 1.165) is 45.2 Å². The fourth-order valence-electron chi connectivity index (χ4n) is 2.22. The van der Waals surface area contributed by atoms with Crippen molar-refractivity contribution in [3.8, 4) is 0 Å². The van der Waals surface area contributed by atoms with Gasteiger partial charge in [0.05, 0.1) is 32.2 Å². The van der Waals surface area contributed by atoms with Crippen LogP contribution in [0, 0.1) is 5.92 Å². The molecule has 0 aromatic heterocycles. The number of guanidine groups is 1. The second-order valence-corrected chi connectivity index (χ2v) is 8.35. The summed E-state index contributed by atoms with van der Waals surface area (Å²) in [5.74, 6) is 1.33. The summed E-state index contributed by atoms with van der Waals surface area (Å²) < 4.78 is 38.2. The van der Waals surface area contributed by atoms with E-state index in [1.54, 1.807) is 0 Å². The van der Waals surface area contributed by atoms with Crippen molar-refractivity contribution in [2.75, 3.05) is 71.3 Å². The van der Waals surface area contributed by atoms with Crippen LogP contribution in [0.4, 0.5) is 0 Å². The SMILES string of the molecule is CCNC(=NCCCOCC1CCOC1)NCCOCCS(C)(=O)=O.I. The van der Waals surface area contributed by atoms with Crippen molar-refractivity contribution in [3.05, 3.63) is 0 Å². The number of nitrogens with one attached hydrogen (secondary N) is 2. The van der Waals surface area contributed by atoms with Crippen LogP contribution in [0.15, 0.2) is 4.99 Å². The molecule has 1 saturated heterocycles. The predicted molar refractivity (Wildman–Crippen MR) is 114 cm³/mol. The molecule has 0 aliphatic carbocycles. The summed E-state index contributed by atoms with van der Waals surface area (Å²) in [5, 5.41) is 6.32. The van der Waals surface area contributed by atoms with Gasteiger partial charge in [0.1, 0.15) is 9.84 Å². The molecule has 0 bridgehead atoms. The molecule has 0 aromatic carbocycles. The van der Waals surface area contributed by atoms with E-state index < -0.39 is 9.84 Å². The Morgan fingerprint density at radius 2 is 2.04 bits per heavy atom. The number of nitrogens with zero attached hydrogens (tertiary/aromatic N) is 1. The Balaban J connectivity index is 0.00000625. The number of hydrogen-bond donors (Lipinski definition) is 2. The van der Waals surface area contributed by atoms with E-state index in [-0.39, 0.29) is 36.3 Å². The highest BCUT2D eigenvalue weighted by Crippen LogP contribution is 2.12. The minimum atomic E-state index is -2.96. The molecule has 0 saturated carbocycles. The van der Waals surface area contributed by atoms with Crippen molar-refractivity contribution in [1.82, 2.24) is 10.6 Å². The summed E-state index contributed by atoms with van der Waals surface area (Å²) in [6.45, 7) is 7.85. The van der Waals surface area contributed by atoms with E-state index >= 15 is 0 Å². The van der Waals surface area contributed by atoms with E-state index in [4.69, 9.17) is 14.2 Å². The summed E-state index contributed by atoms with van der Waals surface area (Å²) in [6.07, 6.45) is 3.17. The van der Waals surface area contributed by atoms with Gasteiger partial charge in [-0.1, -0.05) is 0 Å². The summed E-state index contributed by atoms with van der Waals surface area (Å²) in [6, 6.07) is 0. The van der Waals surface area contributed by atoms with Gasteiger partial charge in [0.25, 0.3) is 0 Å². The van der Waals surface area contributed by atoms with Gasteiger partial charge in [-0.2, -0.15) is 0 Å². The van der Waals surface area contributed by atoms with Crippen LogP contribution in [0.3, 0.4) is 0 Å². The Bertz CT molecular complexity index is 471. The number of rotatable bonds is 13. The molecule has 1 unspecified atom stereocenters. The third kappa shape index (κ3) is 14.9. The van der Waals surface area contributed by atoms with Crippen molar-refractivity contribution in [2.24, 2.45) is 10.9 Å². The van der Waals surface area contributed by atoms with Gasteiger partial charge in [-0.15, -0.1) is 24.0 Å². The normalized spacial score (nSPS) is 17.8. The molecule has 156 valence electrons. The van der Waals surface area contributed by atoms with Crippen LogP contribution in [0.25, 0.3) is 0 Å². The fourth-order valence-corrected chi connectivity index (χ4v) is 2.64. The van der Waals surface area contributed by atoms with Crippen molar-refractivity contribution in [1.29, 1.82) is 0 Å². The topological polar surface area (TPSA) is 98.2 Å². The Kier molecular flexibility index (Phi) is 15.7. The Labute approximate surface area is 174 Å². The van der Waals surface area contributed by atoms with E-state index in [0.29, 0.717) is 32.2 Å². The summed E-state index contributed by atoms with van der Waals surface area (Å²) >= 11 is 0. The first kappa shape index (κ1) is 25.8. The van der Waals surface area contributed by atoms with Crippen LogP contribution < -0.4 is 10.6 Å². The minimum absolute atomic E-state index is 0. The molecule has 0 radical (unpaired) electrons. The first-order chi connectivity index (χ1) is 12.0. The molecule has 1 aliphatic heterocycles. The Morgan fingerprint density at radius 3 is 2.69 bits per heavy atom. The molecule has 1 aliphatic rings. The van der Waals surface area contributed by atoms with Crippen molar-refractivity contribution in [2.45, 2.75) is 19.8 Å². The van der Waals surface area contributed by atoms with E-state index in [2.05, 4.69) is 15.6 Å². The van der Waals surface area contributed by atoms with Crippen LogP contribution in [-0.4, -0.2) is 85.7 Å². The highest BCUT2D eigenvalue weighted by molar-refractivity contribution is 14.0. The molecule has 0 spiro atoms. The smallest absolute Gasteiger partial charge is 0.191 e. The van der Waals surface area contributed by atoms with Gasteiger partial charge in [-0.25, -0.2) is 8.42 Å². The minimum Gasteiger partial charge on any atom is -0.381 e. The number of ether oxygens (including phenoxy) is 3. The second kappa shape index (κ2) is 15.8. The van der Waals surface area contributed by atoms with Crippen LogP contribution in [0.5, 0.6) is 0 Å². The number of sulfone groups is 1. The van der Waals surface area contributed by atoms with Gasteiger partial charge in [-0.3, -0.25) is 4.99 Å². The van der Waals surface area contributed by atoms with E-state index in [1.165, 1.54) is 6.26 Å². The third-order valence-corrected chi connectivity index (χ3v) is 4.48. The van der Waals surface area contributed by atoms with Gasteiger partial charge >= 0.3 is 0 Å². The lowest BCUT2D eigenvalue weighted by molar-refractivity contribution is 0.0893. The number of hydrogen-bond acceptors (Lipinski definition) is 6. The summed E-state index contributed by atoms with van der Waals surface area (Å²) in [4.78, 5) is 4.48. The van der Waals surface area contributed by atoms with Gasteiger partial charge < -0.3 is 24.8 Å². The van der Waals surface area contributed by atoms with Gasteiger partial charge in [-0.05, 0) is 19.8 Å². The number of aliphatic imine (C=N–C) groups is 1. The number of halogens is 1. The molecule has 1 atom stereocenters. The molecular formula is C16H34IN3O5S. The second-order valence-electron chi connectivity index (χ2n) is 6.09. The zero-order valence-corrected chi connectivity index (χ0v) is 19.0. The largest absolute Gasteiger partial charge is 0.381 e. The van der Waals surface area contributed by atoms with Crippen LogP contribution in [0.2, 0.25) is 0 Å². The zero-order chi connectivity index (χ0) is 18.4. The molecule has 0 amide bonds. The predicted octanol–water partition coefficient (Wildman–Crippen LogP) is 0.664. The van der Waals surface area contributed by atoms with Crippen LogP contribution in [0.1, 0.15) is 19.8 Å². The summed E-state index contributed by atoms with van der Waals surface area (Å²) in [7, 11) is -2.96. The third-order valence-electron chi connectivity index (χ3n) is 3.58. The molecule has 1 heterocycles. The van der Waals surface area contributed by atoms with Crippen LogP contribution >= 0.6 is 24.0 Å². The van der Waals surface area contributed by atoms with E-state index in [1.807, 2.05) is 6.92 Å². The Morgan fingerprint density at radius 1 is 1.23 bits per heavy atom.